The number of likely N-dealkylation sites (N-methyl/N-ethyl adjacent to an activating group) is 5. The molecule has 3 fully saturated rings. The Balaban J connectivity index is -0.000000318. The topological polar surface area (TPSA) is 76.6 Å². The maximum absolute atomic E-state index is 10.9. The van der Waals surface area contributed by atoms with Crippen LogP contribution in [0.4, 0.5) is 9.59 Å². The average Bonchev–Trinajstić information content (AvgIpc) is 2.99. The molecule has 0 aromatic heterocycles. The van der Waals surface area contributed by atoms with Gasteiger partial charge in [0.1, 0.15) is 6.10 Å². The summed E-state index contributed by atoms with van der Waals surface area (Å²) in [6.45, 7) is 6.79. The Kier molecular flexibility index (Phi) is 15.4. The fourth-order valence-electron chi connectivity index (χ4n) is 2.42. The first-order valence-corrected chi connectivity index (χ1v) is 8.42. The number of carbonyl (C=O) groups excluding carboxylic acids is 3. The maximum Gasteiger partial charge on any atom is 0.409 e. The molecular formula is C19H43N5O4. The molecule has 0 aliphatic carbocycles. The normalized spacial score (nSPS) is 21.4. The number of piperazine rings is 1. The van der Waals surface area contributed by atoms with Crippen molar-refractivity contribution in [1.29, 1.82) is 0 Å². The summed E-state index contributed by atoms with van der Waals surface area (Å²) >= 11 is 0. The lowest BCUT2D eigenvalue weighted by atomic mass is 10.3. The SMILES string of the molecule is C.C.C.CN1CCN(C)C(=O)C1.CN1CCN(C)C1=O.C[C@@H]1CN(C)C(=O)O1. The molecule has 168 valence electrons. The highest BCUT2D eigenvalue weighted by Crippen LogP contribution is 2.06. The maximum atomic E-state index is 10.9. The van der Waals surface area contributed by atoms with Crippen LogP contribution < -0.4 is 0 Å². The minimum absolute atomic E-state index is 0. The Morgan fingerprint density at radius 1 is 0.750 bits per heavy atom. The molecule has 0 spiro atoms. The van der Waals surface area contributed by atoms with Crippen LogP contribution in [0.15, 0.2) is 0 Å². The standard InChI is InChI=1S/C6H12N2O.C5H10N2O.C5H9NO2.3CH4/c1-7-3-4-8(2)6(9)5-7;1-6-3-4-7(2)5(6)8;1-4-3-6(2)5(7)8-4;;;/h3-5H2,1-2H3;3-4H2,1-2H3;4H,3H2,1-2H3;3*1H4/t;;4-;;;/m..1.../s1. The van der Waals surface area contributed by atoms with E-state index in [9.17, 15) is 14.4 Å². The van der Waals surface area contributed by atoms with Crippen molar-refractivity contribution in [2.75, 3.05) is 74.5 Å². The van der Waals surface area contributed by atoms with Crippen LogP contribution in [-0.4, -0.2) is 123 Å². The molecule has 3 saturated heterocycles. The summed E-state index contributed by atoms with van der Waals surface area (Å²) in [4.78, 5) is 40.9. The van der Waals surface area contributed by atoms with Crippen LogP contribution in [0.1, 0.15) is 29.2 Å². The number of hydrogen-bond donors (Lipinski definition) is 0. The van der Waals surface area contributed by atoms with Crippen molar-refractivity contribution in [2.24, 2.45) is 0 Å². The highest BCUT2D eigenvalue weighted by Gasteiger charge is 2.23. The van der Waals surface area contributed by atoms with Gasteiger partial charge in [-0.25, -0.2) is 9.59 Å². The predicted molar refractivity (Wildman–Crippen MR) is 115 cm³/mol. The summed E-state index contributed by atoms with van der Waals surface area (Å²) in [5.41, 5.74) is 0. The second-order valence-electron chi connectivity index (χ2n) is 6.75. The van der Waals surface area contributed by atoms with Gasteiger partial charge in [0, 0.05) is 54.4 Å². The van der Waals surface area contributed by atoms with E-state index < -0.39 is 0 Å². The minimum Gasteiger partial charge on any atom is -0.445 e. The Morgan fingerprint density at radius 2 is 1.21 bits per heavy atom. The molecule has 28 heavy (non-hydrogen) atoms. The summed E-state index contributed by atoms with van der Waals surface area (Å²) in [5, 5.41) is 0. The molecule has 3 aliphatic heterocycles. The van der Waals surface area contributed by atoms with Crippen molar-refractivity contribution in [3.05, 3.63) is 0 Å². The van der Waals surface area contributed by atoms with Crippen molar-refractivity contribution in [2.45, 2.75) is 35.3 Å². The van der Waals surface area contributed by atoms with Gasteiger partial charge in [-0.05, 0) is 14.0 Å². The van der Waals surface area contributed by atoms with Gasteiger partial charge in [0.05, 0.1) is 13.1 Å². The van der Waals surface area contributed by atoms with Crippen molar-refractivity contribution >= 4 is 18.0 Å². The Bertz CT molecular complexity index is 477. The van der Waals surface area contributed by atoms with E-state index in [1.165, 1.54) is 0 Å². The largest absolute Gasteiger partial charge is 0.445 e. The van der Waals surface area contributed by atoms with Gasteiger partial charge in [-0.1, -0.05) is 22.3 Å². The summed E-state index contributed by atoms with van der Waals surface area (Å²) in [6.07, 6.45) is -0.134. The van der Waals surface area contributed by atoms with Gasteiger partial charge >= 0.3 is 12.1 Å². The number of cyclic esters (lactones) is 1. The molecule has 3 rings (SSSR count). The van der Waals surface area contributed by atoms with Crippen LogP contribution >= 0.6 is 0 Å². The summed E-state index contributed by atoms with van der Waals surface area (Å²) in [7, 11) is 9.16. The van der Waals surface area contributed by atoms with Crippen molar-refractivity contribution in [1.82, 2.24) is 24.5 Å². The zero-order valence-electron chi connectivity index (χ0n) is 16.2. The van der Waals surface area contributed by atoms with E-state index in [1.807, 2.05) is 40.0 Å². The monoisotopic (exact) mass is 405 g/mol. The summed E-state index contributed by atoms with van der Waals surface area (Å²) < 4.78 is 4.76. The van der Waals surface area contributed by atoms with Gasteiger partial charge in [0.15, 0.2) is 0 Å². The lowest BCUT2D eigenvalue weighted by Gasteiger charge is -2.28. The molecule has 0 aromatic rings. The van der Waals surface area contributed by atoms with E-state index in [1.54, 1.807) is 26.6 Å². The Hall–Kier alpha value is -2.03. The van der Waals surface area contributed by atoms with Gasteiger partial charge in [0.2, 0.25) is 5.91 Å². The van der Waals surface area contributed by atoms with Gasteiger partial charge in [-0.2, -0.15) is 0 Å². The average molecular weight is 406 g/mol. The van der Waals surface area contributed by atoms with Crippen molar-refractivity contribution in [3.63, 3.8) is 0 Å². The molecule has 0 bridgehead atoms. The molecule has 0 N–H and O–H groups in total. The zero-order valence-corrected chi connectivity index (χ0v) is 16.2. The van der Waals surface area contributed by atoms with E-state index in [0.29, 0.717) is 6.54 Å². The minimum atomic E-state index is -0.211. The molecule has 0 radical (unpaired) electrons. The van der Waals surface area contributed by atoms with Gasteiger partial charge in [-0.3, -0.25) is 9.69 Å². The van der Waals surface area contributed by atoms with Crippen molar-refractivity contribution in [3.8, 4) is 0 Å². The lowest BCUT2D eigenvalue weighted by Crippen LogP contribution is -2.46. The van der Waals surface area contributed by atoms with E-state index in [4.69, 9.17) is 4.74 Å². The molecule has 0 unspecified atom stereocenters. The highest BCUT2D eigenvalue weighted by molar-refractivity contribution is 5.78. The van der Waals surface area contributed by atoms with Gasteiger partial charge in [-0.15, -0.1) is 0 Å². The van der Waals surface area contributed by atoms with E-state index in [2.05, 4.69) is 0 Å². The molecule has 1 atom stereocenters. The molecular weight excluding hydrogens is 362 g/mol. The van der Waals surface area contributed by atoms with Crippen LogP contribution in [0.5, 0.6) is 0 Å². The molecule has 0 aromatic carbocycles. The number of ether oxygens (including phenoxy) is 1. The number of amides is 4. The van der Waals surface area contributed by atoms with Gasteiger partial charge in [0.25, 0.3) is 0 Å². The summed E-state index contributed by atoms with van der Waals surface area (Å²) in [5.74, 6) is 0.226. The first-order chi connectivity index (χ1) is 11.6. The molecule has 9 nitrogen and oxygen atoms in total. The molecule has 9 heteroatoms. The second kappa shape index (κ2) is 14.0. The number of carbonyl (C=O) groups is 3. The van der Waals surface area contributed by atoms with Crippen molar-refractivity contribution < 1.29 is 19.1 Å². The lowest BCUT2D eigenvalue weighted by molar-refractivity contribution is -0.133. The van der Waals surface area contributed by atoms with Gasteiger partial charge < -0.3 is 24.3 Å². The first-order valence-electron chi connectivity index (χ1n) is 8.42. The van der Waals surface area contributed by atoms with Crippen LogP contribution in [0.3, 0.4) is 0 Å². The fraction of sp³-hybridized carbons (Fsp3) is 0.842. The third kappa shape index (κ3) is 9.77. The fourth-order valence-corrected chi connectivity index (χ4v) is 2.42. The highest BCUT2D eigenvalue weighted by atomic mass is 16.6. The number of nitrogens with zero attached hydrogens (tertiary/aromatic N) is 5. The quantitative estimate of drug-likeness (QED) is 0.614. The van der Waals surface area contributed by atoms with Crippen LogP contribution in [-0.2, 0) is 9.53 Å². The van der Waals surface area contributed by atoms with Crippen LogP contribution in [0, 0.1) is 0 Å². The zero-order chi connectivity index (χ0) is 19.1. The van der Waals surface area contributed by atoms with Crippen LogP contribution in [0.2, 0.25) is 0 Å². The number of hydrogen-bond acceptors (Lipinski definition) is 5. The van der Waals surface area contributed by atoms with E-state index in [0.717, 1.165) is 32.7 Å². The smallest absolute Gasteiger partial charge is 0.409 e. The first kappa shape index (κ1) is 30.7. The Morgan fingerprint density at radius 3 is 1.43 bits per heavy atom. The summed E-state index contributed by atoms with van der Waals surface area (Å²) in [6, 6.07) is 0.130. The number of rotatable bonds is 0. The predicted octanol–water partition coefficient (Wildman–Crippen LogP) is 1.74. The van der Waals surface area contributed by atoms with Crippen LogP contribution in [0.25, 0.3) is 0 Å². The van der Waals surface area contributed by atoms with E-state index in [-0.39, 0.29) is 46.4 Å². The number of urea groups is 1. The molecule has 3 heterocycles. The Labute approximate surface area is 172 Å². The molecule has 4 amide bonds. The third-order valence-corrected chi connectivity index (χ3v) is 4.22. The third-order valence-electron chi connectivity index (χ3n) is 4.22. The molecule has 0 saturated carbocycles. The second-order valence-corrected chi connectivity index (χ2v) is 6.75. The van der Waals surface area contributed by atoms with E-state index >= 15 is 0 Å². The molecule has 3 aliphatic rings.